The van der Waals surface area contributed by atoms with Gasteiger partial charge in [-0.1, -0.05) is 0 Å². The number of ether oxygens (including phenoxy) is 1. The Labute approximate surface area is 268 Å². The Morgan fingerprint density at radius 2 is 1.26 bits per heavy atom. The van der Waals surface area contributed by atoms with Crippen molar-refractivity contribution in [3.05, 3.63) is 108 Å². The molecule has 0 atom stereocenters. The number of allylic oxidation sites excluding steroid dienone is 4. The summed E-state index contributed by atoms with van der Waals surface area (Å²) in [5.41, 5.74) is 10.9. The second kappa shape index (κ2) is 13.2. The fourth-order valence-corrected chi connectivity index (χ4v) is 12.1. The number of methoxy groups -OCH3 is 1. The summed E-state index contributed by atoms with van der Waals surface area (Å²) >= 11 is -1.67. The van der Waals surface area contributed by atoms with Crippen LogP contribution < -0.4 is 14.5 Å². The third-order valence-corrected chi connectivity index (χ3v) is 13.7. The number of aryl methyl sites for hydroxylation is 1. The van der Waals surface area contributed by atoms with Gasteiger partial charge in [0.05, 0.1) is 0 Å². The molecule has 0 heterocycles. The Morgan fingerprint density at radius 1 is 0.762 bits per heavy atom. The fraction of sp³-hybridized carbons (Fsp3) is 0.421. The number of benzene rings is 3. The molecule has 0 spiro atoms. The van der Waals surface area contributed by atoms with Gasteiger partial charge in [-0.05, 0) is 0 Å². The number of hydrogen-bond donors (Lipinski definition) is 0. The van der Waals surface area contributed by atoms with Crippen molar-refractivity contribution in [1.29, 1.82) is 0 Å². The minimum atomic E-state index is -1.67. The predicted molar refractivity (Wildman–Crippen MR) is 179 cm³/mol. The third kappa shape index (κ3) is 6.95. The first-order valence-corrected chi connectivity index (χ1v) is 18.5. The molecule has 0 amide bonds. The van der Waals surface area contributed by atoms with Gasteiger partial charge in [-0.2, -0.15) is 0 Å². The molecule has 1 aliphatic rings. The number of anilines is 2. The van der Waals surface area contributed by atoms with E-state index in [0.717, 1.165) is 17.2 Å². The molecule has 0 N–H and O–H groups in total. The van der Waals surface area contributed by atoms with E-state index in [2.05, 4.69) is 152 Å². The van der Waals surface area contributed by atoms with Crippen LogP contribution in [0.15, 0.2) is 80.1 Å². The van der Waals surface area contributed by atoms with E-state index in [0.29, 0.717) is 0 Å². The van der Waals surface area contributed by atoms with E-state index in [9.17, 15) is 0 Å². The molecule has 0 aliphatic heterocycles. The van der Waals surface area contributed by atoms with Crippen LogP contribution in [0, 0.1) is 38.8 Å². The Bertz CT molecular complexity index is 1420. The van der Waals surface area contributed by atoms with Crippen molar-refractivity contribution in [2.45, 2.75) is 63.8 Å². The summed E-state index contributed by atoms with van der Waals surface area (Å²) in [6.07, 6.45) is 5.90. The molecule has 0 fully saturated rings. The molecule has 0 bridgehead atoms. The van der Waals surface area contributed by atoms with Crippen LogP contribution in [0.25, 0.3) is 0 Å². The van der Waals surface area contributed by atoms with Gasteiger partial charge in [-0.25, -0.2) is 0 Å². The van der Waals surface area contributed by atoms with Crippen LogP contribution in [0.5, 0.6) is 5.75 Å². The zero-order valence-corrected chi connectivity index (χ0v) is 29.6. The van der Waals surface area contributed by atoms with Crippen LogP contribution in [0.1, 0.15) is 68.9 Å². The fourth-order valence-electron chi connectivity index (χ4n) is 5.87. The van der Waals surface area contributed by atoms with Gasteiger partial charge < -0.3 is 0 Å². The summed E-state index contributed by atoms with van der Waals surface area (Å²) in [7, 11) is 10.5. The normalized spacial score (nSPS) is 13.9. The second-order valence-electron chi connectivity index (χ2n) is 13.3. The van der Waals surface area contributed by atoms with Crippen LogP contribution in [0.2, 0.25) is 0 Å². The van der Waals surface area contributed by atoms with Crippen LogP contribution in [0.3, 0.4) is 0 Å². The molecule has 0 radical (unpaired) electrons. The van der Waals surface area contributed by atoms with E-state index in [-0.39, 0.29) is 10.8 Å². The van der Waals surface area contributed by atoms with Gasteiger partial charge in [0.2, 0.25) is 0 Å². The third-order valence-electron chi connectivity index (χ3n) is 8.18. The first-order chi connectivity index (χ1) is 19.8. The van der Waals surface area contributed by atoms with E-state index < -0.39 is 31.9 Å². The van der Waals surface area contributed by atoms with Crippen molar-refractivity contribution in [3.63, 3.8) is 0 Å². The van der Waals surface area contributed by atoms with E-state index >= 15 is 0 Å². The molecular weight excluding hydrogens is 665 g/mol. The molecule has 1 aliphatic carbocycles. The van der Waals surface area contributed by atoms with Gasteiger partial charge in [0.1, 0.15) is 0 Å². The van der Waals surface area contributed by atoms with Crippen LogP contribution in [-0.2, 0) is 15.9 Å². The van der Waals surface area contributed by atoms with E-state index in [1.165, 1.54) is 39.2 Å². The van der Waals surface area contributed by atoms with Crippen LogP contribution in [-0.4, -0.2) is 35.3 Å². The Balaban J connectivity index is 1.91. The van der Waals surface area contributed by atoms with Gasteiger partial charge >= 0.3 is 271 Å². The summed E-state index contributed by atoms with van der Waals surface area (Å²) in [5.74, 6) is 1.05. The molecule has 4 heteroatoms. The minimum absolute atomic E-state index is 0.00300. The molecule has 0 saturated heterocycles. The zero-order chi connectivity index (χ0) is 30.8. The topological polar surface area (TPSA) is 15.7 Å². The van der Waals surface area contributed by atoms with Crippen LogP contribution >= 0.6 is 0 Å². The maximum absolute atomic E-state index is 6.23. The molecule has 0 aromatic heterocycles. The number of nitrogens with zero attached hydrogens (tertiary/aromatic N) is 2. The second-order valence-corrected chi connectivity index (χ2v) is 18.0. The molecule has 3 aromatic rings. The average Bonchev–Trinajstić information content (AvgIpc) is 3.43. The zero-order valence-electron chi connectivity index (χ0n) is 27.7. The molecule has 0 saturated carbocycles. The molecule has 3 aromatic carbocycles. The molecule has 42 heavy (non-hydrogen) atoms. The van der Waals surface area contributed by atoms with Crippen LogP contribution in [0.4, 0.5) is 11.4 Å². The average molecular weight is 717 g/mol. The van der Waals surface area contributed by atoms with Gasteiger partial charge in [0.15, 0.2) is 0 Å². The molecule has 230 valence electrons. The quantitative estimate of drug-likeness (QED) is 0.195. The maximum atomic E-state index is 6.23. The van der Waals surface area contributed by atoms with E-state index in [1.54, 1.807) is 7.24 Å². The van der Waals surface area contributed by atoms with Crippen molar-refractivity contribution in [2.75, 3.05) is 45.1 Å². The Morgan fingerprint density at radius 3 is 1.74 bits per heavy atom. The van der Waals surface area contributed by atoms with Gasteiger partial charge in [-0.3, -0.25) is 0 Å². The van der Waals surface area contributed by atoms with Crippen molar-refractivity contribution >= 4 is 11.4 Å². The SMILES string of the molecule is COc1c(C(C)(C)C)cc(C)cc1C(C)(C)C1=[C]([Ho]([CH2]c2ccccc2N(C)C)[CH2]c2ccccc2N(C)C)C=CC1. The molecule has 0 unspecified atom stereocenters. The predicted octanol–water partition coefficient (Wildman–Crippen LogP) is 8.95. The van der Waals surface area contributed by atoms with E-state index in [1.807, 2.05) is 7.11 Å². The van der Waals surface area contributed by atoms with Crippen molar-refractivity contribution < 1.29 is 36.6 Å². The Kier molecular flexibility index (Phi) is 10.3. The first-order valence-electron chi connectivity index (χ1n) is 14.8. The standard InChI is InChI=1S/C20H27O.2C9H12N.Ho/c1-14-12-16(19(2,3)4)18(21-7)17(13-14)20(5,6)15-10-8-9-11-15;2*1-8-6-4-5-7-9(8)10(2)3;/h8-9,12-13H,10H2,1-7H3;2*4-7H,1H2,2-3H3;. The Hall–Kier alpha value is -2.20. The van der Waals surface area contributed by atoms with Crippen molar-refractivity contribution in [2.24, 2.45) is 0 Å². The molecular formula is C38H51HoN2O. The van der Waals surface area contributed by atoms with Gasteiger partial charge in [0, 0.05) is 0 Å². The summed E-state index contributed by atoms with van der Waals surface area (Å²) in [5, 5.41) is 0. The summed E-state index contributed by atoms with van der Waals surface area (Å²) in [6.45, 7) is 13.9. The number of hydrogen-bond acceptors (Lipinski definition) is 3. The van der Waals surface area contributed by atoms with Crippen molar-refractivity contribution in [1.82, 2.24) is 0 Å². The number of rotatable bonds is 10. The molecule has 4 rings (SSSR count). The summed E-state index contributed by atoms with van der Waals surface area (Å²) in [4.78, 5) is 4.54. The summed E-state index contributed by atoms with van der Waals surface area (Å²) < 4.78 is 10.1. The van der Waals surface area contributed by atoms with Crippen molar-refractivity contribution in [3.8, 4) is 5.75 Å². The van der Waals surface area contributed by atoms with E-state index in [4.69, 9.17) is 4.74 Å². The summed E-state index contributed by atoms with van der Waals surface area (Å²) in [6, 6.07) is 22.7. The first kappa shape index (κ1) is 32.7. The van der Waals surface area contributed by atoms with Gasteiger partial charge in [-0.15, -0.1) is 0 Å². The monoisotopic (exact) mass is 716 g/mol. The number of para-hydroxylation sites is 2. The van der Waals surface area contributed by atoms with Gasteiger partial charge in [0.25, 0.3) is 0 Å². The molecule has 3 nitrogen and oxygen atoms in total.